The van der Waals surface area contributed by atoms with Crippen molar-refractivity contribution in [2.45, 2.75) is 96.8 Å². The minimum absolute atomic E-state index is 0.870. The molecule has 0 radical (unpaired) electrons. The van der Waals surface area contributed by atoms with Crippen LogP contribution in [0.15, 0.2) is 17.1 Å². The SMILES string of the molecule is CCCCCCCCC=CCCCCCCCCN1C=NCC1.COS(=O)(=O)O. The molecule has 0 saturated heterocycles. The number of hydrogen-bond donors (Lipinski definition) is 1. The summed E-state index contributed by atoms with van der Waals surface area (Å²) in [4.78, 5) is 6.61. The predicted molar refractivity (Wildman–Crippen MR) is 123 cm³/mol. The summed E-state index contributed by atoms with van der Waals surface area (Å²) in [5, 5.41) is 0. The van der Waals surface area contributed by atoms with Crippen LogP contribution in [0.1, 0.15) is 96.8 Å². The van der Waals surface area contributed by atoms with E-state index in [1.807, 2.05) is 6.34 Å². The summed E-state index contributed by atoms with van der Waals surface area (Å²) in [5.74, 6) is 0. The van der Waals surface area contributed by atoms with Crippen molar-refractivity contribution in [3.8, 4) is 0 Å². The van der Waals surface area contributed by atoms with Crippen molar-refractivity contribution in [1.29, 1.82) is 0 Å². The van der Waals surface area contributed by atoms with Crippen LogP contribution in [0.5, 0.6) is 0 Å². The molecule has 0 amide bonds. The molecule has 0 aliphatic carbocycles. The molecule has 0 aromatic carbocycles. The molecule has 29 heavy (non-hydrogen) atoms. The minimum Gasteiger partial charge on any atom is -0.361 e. The molecule has 0 atom stereocenters. The molecule has 0 aromatic rings. The molecule has 0 saturated carbocycles. The number of rotatable bonds is 17. The van der Waals surface area contributed by atoms with Crippen LogP contribution in [-0.4, -0.2) is 51.0 Å². The topological polar surface area (TPSA) is 79.2 Å². The van der Waals surface area contributed by atoms with Crippen LogP contribution in [0, 0.1) is 0 Å². The van der Waals surface area contributed by atoms with Gasteiger partial charge in [0, 0.05) is 13.1 Å². The molecule has 0 spiro atoms. The molecule has 7 heteroatoms. The van der Waals surface area contributed by atoms with Gasteiger partial charge >= 0.3 is 10.4 Å². The van der Waals surface area contributed by atoms with E-state index in [-0.39, 0.29) is 0 Å². The third-order valence-corrected chi connectivity index (χ3v) is 5.35. The largest absolute Gasteiger partial charge is 0.397 e. The lowest BCUT2D eigenvalue weighted by Crippen LogP contribution is -2.20. The summed E-state index contributed by atoms with van der Waals surface area (Å²) in [6.07, 6.45) is 26.2. The zero-order valence-corrected chi connectivity index (χ0v) is 19.5. The smallest absolute Gasteiger partial charge is 0.361 e. The van der Waals surface area contributed by atoms with Gasteiger partial charge < -0.3 is 4.90 Å². The van der Waals surface area contributed by atoms with Crippen molar-refractivity contribution in [2.24, 2.45) is 4.99 Å². The highest BCUT2D eigenvalue weighted by atomic mass is 32.3. The van der Waals surface area contributed by atoms with Gasteiger partial charge in [0.05, 0.1) is 20.0 Å². The molecule has 1 heterocycles. The maximum atomic E-state index is 9.33. The zero-order chi connectivity index (χ0) is 21.6. The fraction of sp³-hybridized carbons (Fsp3) is 0.864. The Balaban J connectivity index is 0.00000113. The predicted octanol–water partition coefficient (Wildman–Crippen LogP) is 5.80. The summed E-state index contributed by atoms with van der Waals surface area (Å²) in [5.41, 5.74) is 0. The van der Waals surface area contributed by atoms with Crippen molar-refractivity contribution in [1.82, 2.24) is 4.90 Å². The molecular weight excluding hydrogens is 388 g/mol. The van der Waals surface area contributed by atoms with E-state index in [1.54, 1.807) is 0 Å². The second-order valence-electron chi connectivity index (χ2n) is 7.59. The Kier molecular flexibility index (Phi) is 19.7. The van der Waals surface area contributed by atoms with E-state index in [4.69, 9.17) is 4.55 Å². The van der Waals surface area contributed by atoms with Gasteiger partial charge in [0.25, 0.3) is 0 Å². The quantitative estimate of drug-likeness (QED) is 0.178. The lowest BCUT2D eigenvalue weighted by atomic mass is 10.1. The van der Waals surface area contributed by atoms with E-state index in [0.717, 1.165) is 20.2 Å². The van der Waals surface area contributed by atoms with Crippen molar-refractivity contribution < 1.29 is 17.2 Å². The van der Waals surface area contributed by atoms with E-state index in [1.165, 1.54) is 96.4 Å². The second kappa shape index (κ2) is 20.4. The van der Waals surface area contributed by atoms with Crippen molar-refractivity contribution in [2.75, 3.05) is 26.7 Å². The fourth-order valence-electron chi connectivity index (χ4n) is 3.15. The first-order chi connectivity index (χ1) is 14.0. The van der Waals surface area contributed by atoms with Gasteiger partial charge in [0.15, 0.2) is 0 Å². The molecule has 1 aliphatic heterocycles. The first kappa shape index (κ1) is 28.1. The number of unbranched alkanes of at least 4 members (excludes halogenated alkanes) is 12. The molecule has 172 valence electrons. The van der Waals surface area contributed by atoms with Gasteiger partial charge in [-0.15, -0.1) is 0 Å². The molecule has 0 fully saturated rings. The van der Waals surface area contributed by atoms with Crippen LogP contribution >= 0.6 is 0 Å². The third kappa shape index (κ3) is 23.2. The molecule has 1 aliphatic rings. The fourth-order valence-corrected chi connectivity index (χ4v) is 3.15. The monoisotopic (exact) mass is 432 g/mol. The molecular formula is C22H44N2O4S. The standard InChI is InChI=1S/C21H40N2.CH4O4S/c1-2-3-4-5-6-7-8-9-10-11-12-13-14-15-16-17-19-23-20-18-22-21-23;1-5-6(2,3)4/h9-10,21H,2-8,11-20H2,1H3;1H3,(H,2,3,4). The van der Waals surface area contributed by atoms with Crippen LogP contribution in [0.2, 0.25) is 0 Å². The van der Waals surface area contributed by atoms with Gasteiger partial charge in [-0.25, -0.2) is 0 Å². The van der Waals surface area contributed by atoms with E-state index < -0.39 is 10.4 Å². The summed E-state index contributed by atoms with van der Waals surface area (Å²) in [6, 6.07) is 0. The molecule has 0 aromatic heterocycles. The highest BCUT2D eigenvalue weighted by Crippen LogP contribution is 2.10. The van der Waals surface area contributed by atoms with Crippen LogP contribution < -0.4 is 0 Å². The lowest BCUT2D eigenvalue weighted by molar-refractivity contribution is 0.324. The van der Waals surface area contributed by atoms with Crippen molar-refractivity contribution >= 4 is 16.7 Å². The van der Waals surface area contributed by atoms with E-state index >= 15 is 0 Å². The Labute approximate surface area is 179 Å². The number of aliphatic imine (C=N–C) groups is 1. The highest BCUT2D eigenvalue weighted by molar-refractivity contribution is 7.80. The molecule has 1 rings (SSSR count). The molecule has 0 bridgehead atoms. The highest BCUT2D eigenvalue weighted by Gasteiger charge is 2.03. The molecule has 0 unspecified atom stereocenters. The summed E-state index contributed by atoms with van der Waals surface area (Å²) in [7, 11) is -3.29. The first-order valence-electron chi connectivity index (χ1n) is 11.4. The van der Waals surface area contributed by atoms with Crippen LogP contribution in [0.4, 0.5) is 0 Å². The Morgan fingerprint density at radius 3 is 1.86 bits per heavy atom. The van der Waals surface area contributed by atoms with Gasteiger partial charge in [-0.2, -0.15) is 8.42 Å². The molecule has 6 nitrogen and oxygen atoms in total. The summed E-state index contributed by atoms with van der Waals surface area (Å²) >= 11 is 0. The van der Waals surface area contributed by atoms with Gasteiger partial charge in [0.1, 0.15) is 0 Å². The lowest BCUT2D eigenvalue weighted by Gasteiger charge is -2.12. The van der Waals surface area contributed by atoms with Gasteiger partial charge in [0.2, 0.25) is 0 Å². The zero-order valence-electron chi connectivity index (χ0n) is 18.7. The Bertz CT molecular complexity index is 507. The average molecular weight is 433 g/mol. The summed E-state index contributed by atoms with van der Waals surface area (Å²) < 4.78 is 29.7. The number of hydrogen-bond acceptors (Lipinski definition) is 5. The first-order valence-corrected chi connectivity index (χ1v) is 12.8. The van der Waals surface area contributed by atoms with Crippen LogP contribution in [0.3, 0.4) is 0 Å². The Hall–Kier alpha value is -0.920. The minimum atomic E-state index is -4.16. The Morgan fingerprint density at radius 2 is 1.41 bits per heavy atom. The third-order valence-electron chi connectivity index (χ3n) is 4.93. The van der Waals surface area contributed by atoms with E-state index in [2.05, 4.69) is 33.2 Å². The van der Waals surface area contributed by atoms with Crippen molar-refractivity contribution in [3.63, 3.8) is 0 Å². The number of nitrogens with zero attached hydrogens (tertiary/aromatic N) is 2. The van der Waals surface area contributed by atoms with Crippen molar-refractivity contribution in [3.05, 3.63) is 12.2 Å². The Morgan fingerprint density at radius 1 is 0.931 bits per heavy atom. The second-order valence-corrected chi connectivity index (χ2v) is 8.78. The van der Waals surface area contributed by atoms with E-state index in [9.17, 15) is 8.42 Å². The van der Waals surface area contributed by atoms with Crippen LogP contribution in [0.25, 0.3) is 0 Å². The maximum Gasteiger partial charge on any atom is 0.397 e. The normalized spacial score (nSPS) is 13.8. The number of allylic oxidation sites excluding steroid dienone is 2. The van der Waals surface area contributed by atoms with Gasteiger partial charge in [-0.1, -0.05) is 76.9 Å². The summed E-state index contributed by atoms with van der Waals surface area (Å²) in [6.45, 7) is 5.65. The molecule has 1 N–H and O–H groups in total. The van der Waals surface area contributed by atoms with E-state index in [0.29, 0.717) is 0 Å². The maximum absolute atomic E-state index is 9.33. The van der Waals surface area contributed by atoms with Crippen LogP contribution in [-0.2, 0) is 14.6 Å². The van der Waals surface area contributed by atoms with Gasteiger partial charge in [-0.3, -0.25) is 13.7 Å². The average Bonchev–Trinajstić information content (AvgIpc) is 3.21. The van der Waals surface area contributed by atoms with Gasteiger partial charge in [-0.05, 0) is 32.1 Å².